The number of H-pyrrole nitrogens is 1. The molecule has 4 N–H and O–H groups in total. The maximum Gasteiger partial charge on any atom is 0.305 e. The molecule has 1 heterocycles. The highest BCUT2D eigenvalue weighted by Crippen LogP contribution is 2.21. The molecule has 8 heteroatoms. The summed E-state index contributed by atoms with van der Waals surface area (Å²) in [7, 11) is 0. The molecular formula is C17H19N3O5. The Morgan fingerprint density at radius 3 is 2.52 bits per heavy atom. The van der Waals surface area contributed by atoms with Crippen LogP contribution in [-0.4, -0.2) is 46.2 Å². The van der Waals surface area contributed by atoms with Gasteiger partial charge in [-0.2, -0.15) is 0 Å². The third kappa shape index (κ3) is 4.23. The molecule has 0 radical (unpaired) electrons. The first-order valence-corrected chi connectivity index (χ1v) is 7.69. The fourth-order valence-electron chi connectivity index (χ4n) is 2.47. The normalized spacial score (nSPS) is 13.0. The molecule has 0 aliphatic carbocycles. The van der Waals surface area contributed by atoms with Gasteiger partial charge in [0, 0.05) is 10.9 Å². The number of para-hydroxylation sites is 1. The molecular weight excluding hydrogens is 326 g/mol. The lowest BCUT2D eigenvalue weighted by molar-refractivity contribution is -0.138. The molecule has 25 heavy (non-hydrogen) atoms. The average Bonchev–Trinajstić information content (AvgIpc) is 2.91. The van der Waals surface area contributed by atoms with E-state index in [9.17, 15) is 19.2 Å². The van der Waals surface area contributed by atoms with E-state index in [-0.39, 0.29) is 0 Å². The minimum Gasteiger partial charge on any atom is -0.481 e. The molecule has 0 aliphatic heterocycles. The van der Waals surface area contributed by atoms with E-state index >= 15 is 0 Å². The lowest BCUT2D eigenvalue weighted by atomic mass is 10.1. The Labute approximate surface area is 143 Å². The molecule has 2 rings (SSSR count). The number of rotatable bonds is 7. The fraction of sp³-hybridized carbons (Fsp3) is 0.294. The molecule has 2 amide bonds. The first-order valence-electron chi connectivity index (χ1n) is 7.69. The second-order valence-corrected chi connectivity index (χ2v) is 5.71. The van der Waals surface area contributed by atoms with Crippen LogP contribution in [0.1, 0.15) is 29.4 Å². The van der Waals surface area contributed by atoms with Crippen molar-refractivity contribution < 1.29 is 24.3 Å². The van der Waals surface area contributed by atoms with Crippen LogP contribution in [0.5, 0.6) is 0 Å². The van der Waals surface area contributed by atoms with Gasteiger partial charge in [0.1, 0.15) is 18.0 Å². The zero-order chi connectivity index (χ0) is 18.6. The summed E-state index contributed by atoms with van der Waals surface area (Å²) in [5, 5.41) is 14.4. The molecule has 2 aromatic rings. The summed E-state index contributed by atoms with van der Waals surface area (Å²) in [4.78, 5) is 48.9. The number of hydrogen-bond acceptors (Lipinski definition) is 4. The number of carboxylic acid groups (broad SMARTS) is 1. The van der Waals surface area contributed by atoms with Gasteiger partial charge in [-0.1, -0.05) is 18.2 Å². The summed E-state index contributed by atoms with van der Waals surface area (Å²) in [6.45, 7) is 3.25. The smallest absolute Gasteiger partial charge is 0.305 e. The van der Waals surface area contributed by atoms with E-state index in [0.717, 1.165) is 16.5 Å². The van der Waals surface area contributed by atoms with Gasteiger partial charge >= 0.3 is 5.97 Å². The van der Waals surface area contributed by atoms with Gasteiger partial charge in [-0.05, 0) is 25.5 Å². The van der Waals surface area contributed by atoms with E-state index in [1.165, 1.54) is 6.92 Å². The minimum absolute atomic E-state index is 0.346. The summed E-state index contributed by atoms with van der Waals surface area (Å²) in [6, 6.07) is 5.36. The molecule has 0 spiro atoms. The van der Waals surface area contributed by atoms with E-state index in [1.54, 1.807) is 6.92 Å². The van der Waals surface area contributed by atoms with Crippen molar-refractivity contribution >= 4 is 35.0 Å². The molecule has 1 aromatic heterocycles. The Morgan fingerprint density at radius 2 is 1.92 bits per heavy atom. The topological polar surface area (TPSA) is 128 Å². The number of fused-ring (bicyclic) bond motifs is 1. The number of amides is 2. The van der Waals surface area contributed by atoms with Crippen molar-refractivity contribution in [1.82, 2.24) is 15.6 Å². The molecule has 2 atom stereocenters. The number of aromatic amines is 1. The number of nitrogens with one attached hydrogen (secondary N) is 3. The van der Waals surface area contributed by atoms with Crippen molar-refractivity contribution in [2.45, 2.75) is 32.4 Å². The van der Waals surface area contributed by atoms with E-state index in [1.807, 2.05) is 24.3 Å². The van der Waals surface area contributed by atoms with Crippen molar-refractivity contribution in [2.75, 3.05) is 0 Å². The standard InChI is InChI=1S/C17H19N3O5/c1-9-12-5-3-4-6-13(12)20-15(9)17(25)18-10(2)16(24)19-11(8-21)7-14(22)23/h3-6,8,10-11,20H,7H2,1-2H3,(H,18,25)(H,19,24)(H,22,23)/t10-,11-/m0/s1. The molecule has 0 saturated carbocycles. The average molecular weight is 345 g/mol. The molecule has 0 bridgehead atoms. The van der Waals surface area contributed by atoms with E-state index in [4.69, 9.17) is 5.11 Å². The van der Waals surface area contributed by atoms with Crippen molar-refractivity contribution in [3.63, 3.8) is 0 Å². The molecule has 0 saturated heterocycles. The first-order chi connectivity index (χ1) is 11.8. The van der Waals surface area contributed by atoms with Gasteiger partial charge in [0.05, 0.1) is 12.5 Å². The summed E-state index contributed by atoms with van der Waals surface area (Å²) >= 11 is 0. The number of hydrogen-bond donors (Lipinski definition) is 4. The first kappa shape index (κ1) is 18.2. The number of benzene rings is 1. The highest BCUT2D eigenvalue weighted by atomic mass is 16.4. The third-order valence-electron chi connectivity index (χ3n) is 3.82. The number of aromatic nitrogens is 1. The molecule has 0 fully saturated rings. The van der Waals surface area contributed by atoms with Crippen LogP contribution in [0.25, 0.3) is 10.9 Å². The Kier molecular flexibility index (Phi) is 5.53. The summed E-state index contributed by atoms with van der Waals surface area (Å²) in [5.41, 5.74) is 1.92. The maximum atomic E-state index is 12.4. The van der Waals surface area contributed by atoms with Crippen molar-refractivity contribution in [3.8, 4) is 0 Å². The maximum absolute atomic E-state index is 12.4. The van der Waals surface area contributed by atoms with Crippen LogP contribution in [0.2, 0.25) is 0 Å². The predicted octanol–water partition coefficient (Wildman–Crippen LogP) is 0.753. The number of carbonyl (C=O) groups excluding carboxylic acids is 3. The minimum atomic E-state index is -1.21. The molecule has 1 aromatic carbocycles. The Balaban J connectivity index is 2.05. The summed E-state index contributed by atoms with van der Waals surface area (Å²) < 4.78 is 0. The predicted molar refractivity (Wildman–Crippen MR) is 90.2 cm³/mol. The van der Waals surface area contributed by atoms with Crippen LogP contribution in [0.3, 0.4) is 0 Å². The van der Waals surface area contributed by atoms with Gasteiger partial charge in [-0.3, -0.25) is 14.4 Å². The van der Waals surface area contributed by atoms with Gasteiger partial charge in [0.15, 0.2) is 0 Å². The van der Waals surface area contributed by atoms with E-state index < -0.39 is 36.3 Å². The zero-order valence-electron chi connectivity index (χ0n) is 13.8. The lowest BCUT2D eigenvalue weighted by Crippen LogP contribution is -2.49. The quantitative estimate of drug-likeness (QED) is 0.551. The second kappa shape index (κ2) is 7.61. The van der Waals surface area contributed by atoms with Crippen molar-refractivity contribution in [2.24, 2.45) is 0 Å². The fourth-order valence-corrected chi connectivity index (χ4v) is 2.47. The van der Waals surface area contributed by atoms with Crippen LogP contribution in [0, 0.1) is 6.92 Å². The van der Waals surface area contributed by atoms with Gasteiger partial charge in [-0.15, -0.1) is 0 Å². The molecule has 0 aliphatic rings. The SMILES string of the molecule is Cc1c(C(=O)N[C@@H](C)C(=O)N[C@H](C=O)CC(=O)O)[nH]c2ccccc12. The molecule has 0 unspecified atom stereocenters. The van der Waals surface area contributed by atoms with Crippen LogP contribution in [0.15, 0.2) is 24.3 Å². The summed E-state index contributed by atoms with van der Waals surface area (Å²) in [6.07, 6.45) is -0.167. The van der Waals surface area contributed by atoms with Crippen LogP contribution in [0.4, 0.5) is 0 Å². The number of aldehydes is 1. The van der Waals surface area contributed by atoms with Crippen molar-refractivity contribution in [3.05, 3.63) is 35.5 Å². The largest absolute Gasteiger partial charge is 0.481 e. The van der Waals surface area contributed by atoms with Crippen LogP contribution >= 0.6 is 0 Å². The van der Waals surface area contributed by atoms with Gasteiger partial charge in [-0.25, -0.2) is 0 Å². The molecule has 8 nitrogen and oxygen atoms in total. The zero-order valence-corrected chi connectivity index (χ0v) is 13.8. The molecule has 132 valence electrons. The summed E-state index contributed by atoms with van der Waals surface area (Å²) in [5.74, 6) is -2.31. The van der Waals surface area contributed by atoms with Crippen LogP contribution < -0.4 is 10.6 Å². The number of aryl methyl sites for hydroxylation is 1. The van der Waals surface area contributed by atoms with Gasteiger partial charge < -0.3 is 25.5 Å². The highest BCUT2D eigenvalue weighted by Gasteiger charge is 2.22. The van der Waals surface area contributed by atoms with Crippen LogP contribution in [-0.2, 0) is 14.4 Å². The Morgan fingerprint density at radius 1 is 1.24 bits per heavy atom. The Bertz CT molecular complexity index is 827. The van der Waals surface area contributed by atoms with Crippen molar-refractivity contribution in [1.29, 1.82) is 0 Å². The third-order valence-corrected chi connectivity index (χ3v) is 3.82. The van der Waals surface area contributed by atoms with E-state index in [0.29, 0.717) is 12.0 Å². The van der Waals surface area contributed by atoms with E-state index in [2.05, 4.69) is 15.6 Å². The lowest BCUT2D eigenvalue weighted by Gasteiger charge is -2.16. The monoisotopic (exact) mass is 345 g/mol. The number of carbonyl (C=O) groups is 4. The highest BCUT2D eigenvalue weighted by molar-refractivity contribution is 6.02. The second-order valence-electron chi connectivity index (χ2n) is 5.71. The van der Waals surface area contributed by atoms with Gasteiger partial charge in [0.25, 0.3) is 5.91 Å². The van der Waals surface area contributed by atoms with Gasteiger partial charge in [0.2, 0.25) is 5.91 Å². The Hall–Kier alpha value is -3.16. The number of carboxylic acids is 1. The number of aliphatic carboxylic acids is 1.